The number of hydrogen-bond donors (Lipinski definition) is 0. The van der Waals surface area contributed by atoms with Crippen LogP contribution in [0.1, 0.15) is 53.0 Å². The second-order valence-electron chi connectivity index (χ2n) is 7.62. The first kappa shape index (κ1) is 14.0. The molecule has 19 heavy (non-hydrogen) atoms. The molecule has 2 aromatic rings. The maximum absolute atomic E-state index is 4.49. The van der Waals surface area contributed by atoms with Crippen molar-refractivity contribution >= 4 is 10.9 Å². The van der Waals surface area contributed by atoms with Crippen LogP contribution in [0.25, 0.3) is 10.9 Å². The molecule has 0 radical (unpaired) electrons. The molecule has 0 fully saturated rings. The molecule has 1 nitrogen and oxygen atoms in total. The number of pyridine rings is 1. The van der Waals surface area contributed by atoms with E-state index in [1.165, 1.54) is 10.9 Å². The van der Waals surface area contributed by atoms with E-state index in [9.17, 15) is 0 Å². The summed E-state index contributed by atoms with van der Waals surface area (Å²) >= 11 is 0. The van der Waals surface area contributed by atoms with E-state index in [0.717, 1.165) is 5.52 Å². The van der Waals surface area contributed by atoms with Crippen LogP contribution < -0.4 is 0 Å². The third kappa shape index (κ3) is 2.97. The number of fused-ring (bicyclic) bond motifs is 1. The van der Waals surface area contributed by atoms with Crippen LogP contribution in [-0.2, 0) is 0 Å². The molecule has 0 aliphatic heterocycles. The first-order chi connectivity index (χ1) is 8.69. The monoisotopic (exact) mass is 255 g/mol. The lowest BCUT2D eigenvalue weighted by molar-refractivity contribution is 0.176. The Bertz CT molecular complexity index is 556. The van der Waals surface area contributed by atoms with Crippen molar-refractivity contribution in [1.29, 1.82) is 0 Å². The minimum atomic E-state index is 0.237. The zero-order valence-corrected chi connectivity index (χ0v) is 13.0. The largest absolute Gasteiger partial charge is 0.256 e. The zero-order valence-electron chi connectivity index (χ0n) is 13.0. The molecule has 0 unspecified atom stereocenters. The van der Waals surface area contributed by atoms with Crippen molar-refractivity contribution in [3.63, 3.8) is 0 Å². The van der Waals surface area contributed by atoms with E-state index in [2.05, 4.69) is 70.8 Å². The molecule has 0 amide bonds. The summed E-state index contributed by atoms with van der Waals surface area (Å²) in [6, 6.07) is 10.8. The molecule has 1 heteroatoms. The number of rotatable bonds is 1. The Kier molecular flexibility index (Phi) is 3.42. The highest BCUT2D eigenvalue weighted by molar-refractivity contribution is 5.79. The SMILES string of the molecule is CC(C)(C)C(c1ccc2cccnc2c1)C(C)(C)C. The van der Waals surface area contributed by atoms with E-state index in [1.807, 2.05) is 12.3 Å². The Morgan fingerprint density at radius 3 is 2.11 bits per heavy atom. The van der Waals surface area contributed by atoms with E-state index in [4.69, 9.17) is 0 Å². The van der Waals surface area contributed by atoms with Crippen LogP contribution in [0.2, 0.25) is 0 Å². The van der Waals surface area contributed by atoms with Crippen molar-refractivity contribution in [2.45, 2.75) is 47.5 Å². The summed E-state index contributed by atoms with van der Waals surface area (Å²) in [6.07, 6.45) is 1.87. The highest BCUT2D eigenvalue weighted by Crippen LogP contribution is 2.47. The Hall–Kier alpha value is -1.37. The Balaban J connectivity index is 2.57. The molecule has 0 aliphatic carbocycles. The molecule has 0 aliphatic rings. The highest BCUT2D eigenvalue weighted by atomic mass is 14.6. The number of hydrogen-bond acceptors (Lipinski definition) is 1. The van der Waals surface area contributed by atoms with Gasteiger partial charge in [-0.3, -0.25) is 4.98 Å². The average molecular weight is 255 g/mol. The maximum Gasteiger partial charge on any atom is 0.0704 e. The summed E-state index contributed by atoms with van der Waals surface area (Å²) in [7, 11) is 0. The number of benzene rings is 1. The van der Waals surface area contributed by atoms with Crippen molar-refractivity contribution in [2.24, 2.45) is 10.8 Å². The standard InChI is InChI=1S/C18H25N/c1-17(2,3)16(18(4,5)6)14-10-9-13-8-7-11-19-15(13)12-14/h7-12,16H,1-6H3. The van der Waals surface area contributed by atoms with Crippen LogP contribution in [0.15, 0.2) is 36.5 Å². The lowest BCUT2D eigenvalue weighted by Gasteiger charge is -2.41. The molecular weight excluding hydrogens is 230 g/mol. The van der Waals surface area contributed by atoms with Gasteiger partial charge in [-0.25, -0.2) is 0 Å². The normalized spacial score (nSPS) is 13.2. The predicted molar refractivity (Wildman–Crippen MR) is 83.4 cm³/mol. The van der Waals surface area contributed by atoms with Gasteiger partial charge in [-0.15, -0.1) is 0 Å². The van der Waals surface area contributed by atoms with Gasteiger partial charge in [0, 0.05) is 11.6 Å². The average Bonchev–Trinajstić information content (AvgIpc) is 2.25. The van der Waals surface area contributed by atoms with Crippen molar-refractivity contribution in [1.82, 2.24) is 4.98 Å². The lowest BCUT2D eigenvalue weighted by Crippen LogP contribution is -2.30. The predicted octanol–water partition coefficient (Wildman–Crippen LogP) is 5.41. The van der Waals surface area contributed by atoms with Crippen molar-refractivity contribution in [3.8, 4) is 0 Å². The zero-order chi connectivity index (χ0) is 14.3. The molecule has 1 heterocycles. The molecule has 0 saturated carbocycles. The third-order valence-corrected chi connectivity index (χ3v) is 3.70. The molecule has 0 atom stereocenters. The van der Waals surface area contributed by atoms with Gasteiger partial charge >= 0.3 is 0 Å². The second kappa shape index (κ2) is 4.63. The summed E-state index contributed by atoms with van der Waals surface area (Å²) in [5, 5.41) is 1.22. The minimum absolute atomic E-state index is 0.237. The van der Waals surface area contributed by atoms with Gasteiger partial charge in [0.1, 0.15) is 0 Å². The topological polar surface area (TPSA) is 12.9 Å². The first-order valence-electron chi connectivity index (χ1n) is 7.04. The van der Waals surface area contributed by atoms with Crippen LogP contribution in [-0.4, -0.2) is 4.98 Å². The van der Waals surface area contributed by atoms with Crippen LogP contribution in [0, 0.1) is 10.8 Å². The second-order valence-corrected chi connectivity index (χ2v) is 7.62. The van der Waals surface area contributed by atoms with E-state index in [-0.39, 0.29) is 10.8 Å². The van der Waals surface area contributed by atoms with Gasteiger partial charge in [-0.2, -0.15) is 0 Å². The van der Waals surface area contributed by atoms with Crippen LogP contribution in [0.5, 0.6) is 0 Å². The van der Waals surface area contributed by atoms with E-state index in [0.29, 0.717) is 5.92 Å². The lowest BCUT2D eigenvalue weighted by atomic mass is 9.63. The van der Waals surface area contributed by atoms with Gasteiger partial charge < -0.3 is 0 Å². The number of nitrogens with zero attached hydrogens (tertiary/aromatic N) is 1. The summed E-state index contributed by atoms with van der Waals surface area (Å²) < 4.78 is 0. The smallest absolute Gasteiger partial charge is 0.0704 e. The van der Waals surface area contributed by atoms with Crippen molar-refractivity contribution in [2.75, 3.05) is 0 Å². The van der Waals surface area contributed by atoms with E-state index >= 15 is 0 Å². The summed E-state index contributed by atoms with van der Waals surface area (Å²) in [6.45, 7) is 13.9. The van der Waals surface area contributed by atoms with Gasteiger partial charge in [0.15, 0.2) is 0 Å². The summed E-state index contributed by atoms with van der Waals surface area (Å²) in [4.78, 5) is 4.49. The molecule has 0 spiro atoms. The van der Waals surface area contributed by atoms with Gasteiger partial charge in [-0.05, 0) is 34.4 Å². The highest BCUT2D eigenvalue weighted by Gasteiger charge is 2.36. The molecule has 102 valence electrons. The molecular formula is C18H25N. The Labute approximate surface area is 117 Å². The molecule has 0 N–H and O–H groups in total. The van der Waals surface area contributed by atoms with Gasteiger partial charge in [-0.1, -0.05) is 59.7 Å². The summed E-state index contributed by atoms with van der Waals surface area (Å²) in [5.74, 6) is 0.506. The quantitative estimate of drug-likeness (QED) is 0.664. The van der Waals surface area contributed by atoms with Gasteiger partial charge in [0.2, 0.25) is 0 Å². The molecule has 1 aromatic heterocycles. The van der Waals surface area contributed by atoms with E-state index < -0.39 is 0 Å². The fourth-order valence-electron chi connectivity index (χ4n) is 3.56. The van der Waals surface area contributed by atoms with Crippen LogP contribution >= 0.6 is 0 Å². The molecule has 2 rings (SSSR count). The molecule has 1 aromatic carbocycles. The number of aromatic nitrogens is 1. The van der Waals surface area contributed by atoms with Crippen LogP contribution in [0.3, 0.4) is 0 Å². The van der Waals surface area contributed by atoms with Crippen molar-refractivity contribution < 1.29 is 0 Å². The molecule has 0 saturated heterocycles. The van der Waals surface area contributed by atoms with E-state index in [1.54, 1.807) is 0 Å². The first-order valence-corrected chi connectivity index (χ1v) is 7.04. The fraction of sp³-hybridized carbons (Fsp3) is 0.500. The summed E-state index contributed by atoms with van der Waals surface area (Å²) in [5.41, 5.74) is 2.96. The fourth-order valence-corrected chi connectivity index (χ4v) is 3.56. The maximum atomic E-state index is 4.49. The Morgan fingerprint density at radius 1 is 0.895 bits per heavy atom. The molecule has 0 bridgehead atoms. The van der Waals surface area contributed by atoms with Crippen molar-refractivity contribution in [3.05, 3.63) is 42.1 Å². The third-order valence-electron chi connectivity index (χ3n) is 3.70. The van der Waals surface area contributed by atoms with Gasteiger partial charge in [0.05, 0.1) is 5.52 Å². The Morgan fingerprint density at radius 2 is 1.53 bits per heavy atom. The van der Waals surface area contributed by atoms with Crippen LogP contribution in [0.4, 0.5) is 0 Å². The minimum Gasteiger partial charge on any atom is -0.256 e. The van der Waals surface area contributed by atoms with Gasteiger partial charge in [0.25, 0.3) is 0 Å².